The smallest absolute Gasteiger partial charge is 0.272 e. The zero-order valence-corrected chi connectivity index (χ0v) is 20.1. The molecule has 1 aliphatic heterocycles. The second kappa shape index (κ2) is 11.0. The number of amides is 2. The molecule has 180 valence electrons. The van der Waals surface area contributed by atoms with Gasteiger partial charge in [-0.05, 0) is 30.4 Å². The lowest BCUT2D eigenvalue weighted by molar-refractivity contribution is -0.133. The fourth-order valence-corrected chi connectivity index (χ4v) is 4.62. The van der Waals surface area contributed by atoms with Crippen LogP contribution in [0.15, 0.2) is 59.6 Å². The van der Waals surface area contributed by atoms with E-state index in [2.05, 4.69) is 12.2 Å². The minimum absolute atomic E-state index is 0.280. The third-order valence-corrected chi connectivity index (χ3v) is 6.86. The van der Waals surface area contributed by atoms with Gasteiger partial charge >= 0.3 is 0 Å². The van der Waals surface area contributed by atoms with Crippen molar-refractivity contribution >= 4 is 23.2 Å². The third kappa shape index (κ3) is 5.73. The van der Waals surface area contributed by atoms with E-state index < -0.39 is 18.2 Å². The van der Waals surface area contributed by atoms with Crippen LogP contribution < -0.4 is 10.2 Å². The topological polar surface area (TPSA) is 82.0 Å². The van der Waals surface area contributed by atoms with Crippen molar-refractivity contribution in [3.63, 3.8) is 0 Å². The molecule has 2 amide bonds. The molecule has 6 heteroatoms. The predicted molar refractivity (Wildman–Crippen MR) is 135 cm³/mol. The predicted octanol–water partition coefficient (Wildman–Crippen LogP) is 4.10. The van der Waals surface area contributed by atoms with Gasteiger partial charge in [0.25, 0.3) is 5.91 Å². The molecule has 2 aliphatic rings. The van der Waals surface area contributed by atoms with Crippen LogP contribution in [0, 0.1) is 11.8 Å². The quantitative estimate of drug-likeness (QED) is 0.559. The van der Waals surface area contributed by atoms with Crippen LogP contribution in [0.2, 0.25) is 0 Å². The summed E-state index contributed by atoms with van der Waals surface area (Å²) in [5.74, 6) is -0.593. The summed E-state index contributed by atoms with van der Waals surface area (Å²) in [5.41, 5.74) is 3.50. The van der Waals surface area contributed by atoms with Gasteiger partial charge in [0.1, 0.15) is 0 Å². The maximum absolute atomic E-state index is 13.4. The highest BCUT2D eigenvalue weighted by molar-refractivity contribution is 6.13. The van der Waals surface area contributed by atoms with E-state index in [1.165, 1.54) is 0 Å². The zero-order valence-electron chi connectivity index (χ0n) is 20.1. The number of benzene rings is 2. The summed E-state index contributed by atoms with van der Waals surface area (Å²) in [6, 6.07) is 17.7. The highest BCUT2D eigenvalue weighted by Gasteiger charge is 2.37. The van der Waals surface area contributed by atoms with Crippen molar-refractivity contribution in [3.8, 4) is 0 Å². The molecule has 0 aromatic heterocycles. The molecule has 0 saturated heterocycles. The summed E-state index contributed by atoms with van der Waals surface area (Å²) < 4.78 is 0. The standard InChI is InChI=1S/C28H35N3O3/c1-3-4-14-25(32)22(17-20-15-16-20)27(33)30-26-28(34)31(2)24-13-9-8-12-21(24)23(29-26)18-19-10-6-5-7-11-19/h5-13,20,22,25-26,32H,3-4,14-18H2,1-2H3,(H,30,33). The molecule has 34 heavy (non-hydrogen) atoms. The van der Waals surface area contributed by atoms with Crippen molar-refractivity contribution in [2.75, 3.05) is 11.9 Å². The number of carbonyl (C=O) groups is 2. The van der Waals surface area contributed by atoms with Gasteiger partial charge in [0.05, 0.1) is 23.4 Å². The van der Waals surface area contributed by atoms with Gasteiger partial charge < -0.3 is 15.3 Å². The Balaban J connectivity index is 1.62. The Bertz CT molecular complexity index is 1030. The van der Waals surface area contributed by atoms with E-state index in [4.69, 9.17) is 4.99 Å². The Kier molecular flexibility index (Phi) is 7.78. The molecular weight excluding hydrogens is 426 g/mol. The first-order chi connectivity index (χ1) is 16.5. The molecule has 4 rings (SSSR count). The number of unbranched alkanes of at least 4 members (excludes halogenated alkanes) is 1. The summed E-state index contributed by atoms with van der Waals surface area (Å²) in [5, 5.41) is 13.7. The molecular formula is C28H35N3O3. The molecule has 0 radical (unpaired) electrons. The molecule has 1 aliphatic carbocycles. The van der Waals surface area contributed by atoms with E-state index in [0.717, 1.165) is 48.2 Å². The number of anilines is 1. The van der Waals surface area contributed by atoms with E-state index in [0.29, 0.717) is 25.2 Å². The van der Waals surface area contributed by atoms with Crippen molar-refractivity contribution in [1.82, 2.24) is 5.32 Å². The molecule has 3 unspecified atom stereocenters. The summed E-state index contributed by atoms with van der Waals surface area (Å²) in [4.78, 5) is 33.1. The highest BCUT2D eigenvalue weighted by Crippen LogP contribution is 2.37. The molecule has 0 spiro atoms. The molecule has 1 saturated carbocycles. The van der Waals surface area contributed by atoms with Gasteiger partial charge in [-0.15, -0.1) is 0 Å². The number of nitrogens with one attached hydrogen (secondary N) is 1. The van der Waals surface area contributed by atoms with E-state index in [-0.39, 0.29) is 11.8 Å². The Labute approximate surface area is 202 Å². The lowest BCUT2D eigenvalue weighted by atomic mass is 9.91. The first-order valence-electron chi connectivity index (χ1n) is 12.4. The van der Waals surface area contributed by atoms with Gasteiger partial charge in [-0.1, -0.05) is 81.1 Å². The fourth-order valence-electron chi connectivity index (χ4n) is 4.62. The monoisotopic (exact) mass is 461 g/mol. The first kappa shape index (κ1) is 24.1. The summed E-state index contributed by atoms with van der Waals surface area (Å²) in [7, 11) is 1.72. The second-order valence-corrected chi connectivity index (χ2v) is 9.56. The number of rotatable bonds is 10. The number of carbonyl (C=O) groups excluding carboxylic acids is 2. The molecule has 2 N–H and O–H groups in total. The lowest BCUT2D eigenvalue weighted by Crippen LogP contribution is -2.49. The van der Waals surface area contributed by atoms with Gasteiger partial charge in [-0.25, -0.2) is 0 Å². The highest BCUT2D eigenvalue weighted by atomic mass is 16.3. The number of para-hydroxylation sites is 1. The van der Waals surface area contributed by atoms with E-state index >= 15 is 0 Å². The molecule has 3 atom stereocenters. The van der Waals surface area contributed by atoms with Crippen LogP contribution in [0.4, 0.5) is 5.69 Å². The largest absolute Gasteiger partial charge is 0.392 e. The number of aliphatic imine (C=N–C) groups is 1. The fraction of sp³-hybridized carbons (Fsp3) is 0.464. The normalized spacial score (nSPS) is 19.6. The van der Waals surface area contributed by atoms with Crippen LogP contribution in [-0.2, 0) is 16.0 Å². The number of hydrogen-bond donors (Lipinski definition) is 2. The van der Waals surface area contributed by atoms with Gasteiger partial charge in [0.2, 0.25) is 12.1 Å². The second-order valence-electron chi connectivity index (χ2n) is 9.56. The molecule has 2 aromatic rings. The van der Waals surface area contributed by atoms with Crippen LogP contribution in [-0.4, -0.2) is 41.9 Å². The zero-order chi connectivity index (χ0) is 24.1. The van der Waals surface area contributed by atoms with Gasteiger partial charge in [-0.2, -0.15) is 0 Å². The average Bonchev–Trinajstić information content (AvgIpc) is 3.69. The van der Waals surface area contributed by atoms with Crippen molar-refractivity contribution in [2.24, 2.45) is 16.8 Å². The van der Waals surface area contributed by atoms with Gasteiger partial charge in [-0.3, -0.25) is 14.6 Å². The molecule has 1 heterocycles. The van der Waals surface area contributed by atoms with Crippen LogP contribution >= 0.6 is 0 Å². The average molecular weight is 462 g/mol. The van der Waals surface area contributed by atoms with E-state index in [9.17, 15) is 14.7 Å². The van der Waals surface area contributed by atoms with E-state index in [1.54, 1.807) is 11.9 Å². The number of aliphatic hydroxyl groups is 1. The van der Waals surface area contributed by atoms with Crippen molar-refractivity contribution in [3.05, 3.63) is 65.7 Å². The van der Waals surface area contributed by atoms with Crippen molar-refractivity contribution < 1.29 is 14.7 Å². The number of hydrogen-bond acceptors (Lipinski definition) is 4. The Morgan fingerprint density at radius 2 is 1.85 bits per heavy atom. The van der Waals surface area contributed by atoms with Crippen LogP contribution in [0.1, 0.15) is 56.6 Å². The number of benzodiazepines with no additional fused rings is 1. The molecule has 6 nitrogen and oxygen atoms in total. The Hall–Kier alpha value is -2.99. The number of nitrogens with zero attached hydrogens (tertiary/aromatic N) is 2. The minimum atomic E-state index is -1.02. The molecule has 1 fully saturated rings. The summed E-state index contributed by atoms with van der Waals surface area (Å²) >= 11 is 0. The van der Waals surface area contributed by atoms with Crippen LogP contribution in [0.25, 0.3) is 0 Å². The SMILES string of the molecule is CCCCC(O)C(CC1CC1)C(=O)NC1N=C(Cc2ccccc2)c2ccccc2N(C)C1=O. The molecule has 0 bridgehead atoms. The summed E-state index contributed by atoms with van der Waals surface area (Å²) in [6.45, 7) is 2.07. The van der Waals surface area contributed by atoms with Gasteiger partial charge in [0.15, 0.2) is 0 Å². The third-order valence-electron chi connectivity index (χ3n) is 6.86. The van der Waals surface area contributed by atoms with E-state index in [1.807, 2.05) is 54.6 Å². The van der Waals surface area contributed by atoms with Crippen molar-refractivity contribution in [1.29, 1.82) is 0 Å². The van der Waals surface area contributed by atoms with Crippen LogP contribution in [0.5, 0.6) is 0 Å². The maximum atomic E-state index is 13.4. The molecule has 2 aromatic carbocycles. The van der Waals surface area contributed by atoms with Gasteiger partial charge in [0, 0.05) is 19.0 Å². The van der Waals surface area contributed by atoms with Crippen molar-refractivity contribution in [2.45, 2.75) is 64.1 Å². The number of aliphatic hydroxyl groups excluding tert-OH is 1. The first-order valence-corrected chi connectivity index (χ1v) is 12.4. The lowest BCUT2D eigenvalue weighted by Gasteiger charge is -2.25. The maximum Gasteiger partial charge on any atom is 0.272 e. The summed E-state index contributed by atoms with van der Waals surface area (Å²) in [6.07, 6.45) is 4.11. The number of likely N-dealkylation sites (N-methyl/N-ethyl adjacent to an activating group) is 1. The number of fused-ring (bicyclic) bond motifs is 1. The minimum Gasteiger partial charge on any atom is -0.392 e. The van der Waals surface area contributed by atoms with Crippen LogP contribution in [0.3, 0.4) is 0 Å². The Morgan fingerprint density at radius 3 is 2.56 bits per heavy atom. The Morgan fingerprint density at radius 1 is 1.15 bits per heavy atom.